The van der Waals surface area contributed by atoms with Gasteiger partial charge in [-0.05, 0) is 69.2 Å². The van der Waals surface area contributed by atoms with Crippen molar-refractivity contribution in [2.24, 2.45) is 5.41 Å². The SMILES string of the molecule is CC(C)(O)CN1CC2(C[C@H]3CC[C@@H](C2)N3S(=O)(=O)c2ccc(OC(F)F)cc2)C1. The van der Waals surface area contributed by atoms with Gasteiger partial charge in [-0.15, -0.1) is 0 Å². The monoisotopic (exact) mass is 430 g/mol. The van der Waals surface area contributed by atoms with Crippen LogP contribution in [-0.4, -0.2) is 66.7 Å². The second-order valence-electron chi connectivity index (χ2n) is 9.44. The summed E-state index contributed by atoms with van der Waals surface area (Å²) in [6.07, 6.45) is 3.36. The summed E-state index contributed by atoms with van der Waals surface area (Å²) in [5.74, 6) is -0.0547. The van der Waals surface area contributed by atoms with Gasteiger partial charge in [-0.2, -0.15) is 13.1 Å². The van der Waals surface area contributed by atoms with Gasteiger partial charge in [0.1, 0.15) is 5.75 Å². The summed E-state index contributed by atoms with van der Waals surface area (Å²) in [7, 11) is -3.68. The molecule has 3 fully saturated rings. The smallest absolute Gasteiger partial charge is 0.387 e. The van der Waals surface area contributed by atoms with Crippen molar-refractivity contribution in [2.45, 2.75) is 68.7 Å². The van der Waals surface area contributed by atoms with Gasteiger partial charge in [-0.25, -0.2) is 8.42 Å². The lowest BCUT2D eigenvalue weighted by molar-refractivity contribution is -0.0852. The molecule has 3 heterocycles. The molecule has 3 aliphatic heterocycles. The summed E-state index contributed by atoms with van der Waals surface area (Å²) in [6.45, 7) is 3.09. The topological polar surface area (TPSA) is 70.1 Å². The Hall–Kier alpha value is -1.29. The van der Waals surface area contributed by atoms with Crippen LogP contribution in [0.2, 0.25) is 0 Å². The lowest BCUT2D eigenvalue weighted by atomic mass is 9.69. The number of sulfonamides is 1. The summed E-state index contributed by atoms with van der Waals surface area (Å²) in [5, 5.41) is 10.0. The third kappa shape index (κ3) is 4.15. The first-order chi connectivity index (χ1) is 13.5. The van der Waals surface area contributed by atoms with Crippen molar-refractivity contribution in [1.82, 2.24) is 9.21 Å². The average molecular weight is 431 g/mol. The molecule has 0 unspecified atom stereocenters. The zero-order valence-corrected chi connectivity index (χ0v) is 17.5. The highest BCUT2D eigenvalue weighted by molar-refractivity contribution is 7.89. The van der Waals surface area contributed by atoms with Gasteiger partial charge in [-0.1, -0.05) is 0 Å². The fourth-order valence-corrected chi connectivity index (χ4v) is 7.40. The van der Waals surface area contributed by atoms with E-state index in [1.165, 1.54) is 24.3 Å². The number of ether oxygens (including phenoxy) is 1. The van der Waals surface area contributed by atoms with E-state index < -0.39 is 22.2 Å². The van der Waals surface area contributed by atoms with Crippen LogP contribution in [0.4, 0.5) is 8.78 Å². The Bertz CT molecular complexity index is 832. The molecule has 3 aliphatic rings. The van der Waals surface area contributed by atoms with E-state index >= 15 is 0 Å². The van der Waals surface area contributed by atoms with E-state index in [4.69, 9.17) is 0 Å². The fourth-order valence-electron chi connectivity index (χ4n) is 5.53. The number of hydrogen-bond donors (Lipinski definition) is 1. The van der Waals surface area contributed by atoms with Crippen LogP contribution in [0.1, 0.15) is 39.5 Å². The molecule has 1 aromatic carbocycles. The van der Waals surface area contributed by atoms with E-state index in [1.54, 1.807) is 18.2 Å². The Balaban J connectivity index is 1.46. The molecule has 0 aromatic heterocycles. The molecule has 0 aliphatic carbocycles. The first-order valence-corrected chi connectivity index (χ1v) is 11.4. The van der Waals surface area contributed by atoms with Gasteiger partial charge in [0.05, 0.1) is 10.5 Å². The van der Waals surface area contributed by atoms with Gasteiger partial charge in [0.25, 0.3) is 0 Å². The second-order valence-corrected chi connectivity index (χ2v) is 11.3. The number of nitrogens with zero attached hydrogens (tertiary/aromatic N) is 2. The standard InChI is InChI=1S/C20H28F2N2O4S/c1-19(2,25)11-23-12-20(13-23)9-14-3-4-15(10-20)24(14)29(26,27)17-7-5-16(6-8-17)28-18(21)22/h5-8,14-15,18,25H,3-4,9-13H2,1-2H3/t14-,15+. The molecular weight excluding hydrogens is 402 g/mol. The summed E-state index contributed by atoms with van der Waals surface area (Å²) in [5.41, 5.74) is -0.594. The molecule has 1 N–H and O–H groups in total. The van der Waals surface area contributed by atoms with Gasteiger partial charge < -0.3 is 9.84 Å². The Kier molecular flexibility index (Phi) is 5.16. The molecule has 1 spiro atoms. The lowest BCUT2D eigenvalue weighted by Crippen LogP contribution is -2.64. The molecule has 0 saturated carbocycles. The summed E-state index contributed by atoms with van der Waals surface area (Å²) in [6, 6.07) is 5.16. The molecule has 0 radical (unpaired) electrons. The van der Waals surface area contributed by atoms with Crippen LogP contribution in [0.25, 0.3) is 0 Å². The Labute approximate surface area is 170 Å². The van der Waals surface area contributed by atoms with Gasteiger partial charge in [0.15, 0.2) is 0 Å². The molecule has 2 atom stereocenters. The van der Waals surface area contributed by atoms with Gasteiger partial charge >= 0.3 is 6.61 Å². The van der Waals surface area contributed by atoms with Crippen LogP contribution < -0.4 is 4.74 Å². The Morgan fingerprint density at radius 3 is 2.21 bits per heavy atom. The zero-order valence-electron chi connectivity index (χ0n) is 16.7. The molecule has 29 heavy (non-hydrogen) atoms. The minimum atomic E-state index is -3.68. The second kappa shape index (κ2) is 7.14. The number of aliphatic hydroxyl groups is 1. The first-order valence-electron chi connectivity index (χ1n) is 10.0. The van der Waals surface area contributed by atoms with Gasteiger partial charge in [-0.3, -0.25) is 4.90 Å². The normalized spacial score (nSPS) is 27.4. The number of β-amino-alcohol motifs (C(OH)–C–C–N with tert-alkyl or cyclic N) is 1. The number of piperidine rings is 1. The molecule has 1 aromatic rings. The molecule has 6 nitrogen and oxygen atoms in total. The maximum atomic E-state index is 13.2. The predicted octanol–water partition coefficient (Wildman–Crippen LogP) is 2.68. The molecule has 3 saturated heterocycles. The number of hydrogen-bond acceptors (Lipinski definition) is 5. The fraction of sp³-hybridized carbons (Fsp3) is 0.700. The molecule has 9 heteroatoms. The number of benzene rings is 1. The molecule has 162 valence electrons. The van der Waals surface area contributed by atoms with Crippen molar-refractivity contribution in [3.63, 3.8) is 0 Å². The lowest BCUT2D eigenvalue weighted by Gasteiger charge is -2.57. The van der Waals surface area contributed by atoms with Crippen LogP contribution in [-0.2, 0) is 10.0 Å². The van der Waals surface area contributed by atoms with E-state index in [-0.39, 0.29) is 28.1 Å². The third-order valence-electron chi connectivity index (χ3n) is 6.24. The number of rotatable bonds is 6. The molecular formula is C20H28F2N2O4S. The third-order valence-corrected chi connectivity index (χ3v) is 8.26. The van der Waals surface area contributed by atoms with Crippen LogP contribution in [0.5, 0.6) is 5.75 Å². The maximum absolute atomic E-state index is 13.2. The van der Waals surface area contributed by atoms with E-state index in [9.17, 15) is 22.3 Å². The van der Waals surface area contributed by atoms with E-state index in [2.05, 4.69) is 9.64 Å². The first kappa shape index (κ1) is 21.0. The molecule has 2 bridgehead atoms. The average Bonchev–Trinajstić information content (AvgIpc) is 2.85. The minimum absolute atomic E-state index is 0.0278. The maximum Gasteiger partial charge on any atom is 0.387 e. The highest BCUT2D eigenvalue weighted by atomic mass is 32.2. The number of fused-ring (bicyclic) bond motifs is 2. The van der Waals surface area contributed by atoms with E-state index in [0.717, 1.165) is 38.8 Å². The van der Waals surface area contributed by atoms with Crippen molar-refractivity contribution < 1.29 is 27.0 Å². The van der Waals surface area contributed by atoms with Gasteiger partial charge in [0, 0.05) is 31.7 Å². The van der Waals surface area contributed by atoms with Crippen LogP contribution in [0.3, 0.4) is 0 Å². The molecule has 4 rings (SSSR count). The minimum Gasteiger partial charge on any atom is -0.435 e. The van der Waals surface area contributed by atoms with Crippen molar-refractivity contribution in [1.29, 1.82) is 0 Å². The Morgan fingerprint density at radius 2 is 1.72 bits per heavy atom. The highest BCUT2D eigenvalue weighted by Crippen LogP contribution is 2.52. The summed E-state index contributed by atoms with van der Waals surface area (Å²) < 4.78 is 57.1. The number of halogens is 2. The van der Waals surface area contributed by atoms with Crippen molar-refractivity contribution in [3.8, 4) is 5.75 Å². The molecule has 0 amide bonds. The summed E-state index contributed by atoms with van der Waals surface area (Å²) >= 11 is 0. The van der Waals surface area contributed by atoms with Crippen LogP contribution in [0, 0.1) is 5.41 Å². The Morgan fingerprint density at radius 1 is 1.17 bits per heavy atom. The number of likely N-dealkylation sites (tertiary alicyclic amines) is 1. The largest absolute Gasteiger partial charge is 0.435 e. The van der Waals surface area contributed by atoms with E-state index in [0.29, 0.717) is 6.54 Å². The predicted molar refractivity (Wildman–Crippen MR) is 103 cm³/mol. The number of alkyl halides is 2. The summed E-state index contributed by atoms with van der Waals surface area (Å²) in [4.78, 5) is 2.36. The van der Waals surface area contributed by atoms with Crippen LogP contribution in [0.15, 0.2) is 29.2 Å². The van der Waals surface area contributed by atoms with E-state index in [1.807, 2.05) is 0 Å². The van der Waals surface area contributed by atoms with Crippen molar-refractivity contribution >= 4 is 10.0 Å². The zero-order chi connectivity index (χ0) is 21.0. The quantitative estimate of drug-likeness (QED) is 0.752. The van der Waals surface area contributed by atoms with Crippen molar-refractivity contribution in [3.05, 3.63) is 24.3 Å². The highest BCUT2D eigenvalue weighted by Gasteiger charge is 2.56. The van der Waals surface area contributed by atoms with Crippen LogP contribution >= 0.6 is 0 Å². The van der Waals surface area contributed by atoms with Crippen molar-refractivity contribution in [2.75, 3.05) is 19.6 Å². The van der Waals surface area contributed by atoms with Gasteiger partial charge in [0.2, 0.25) is 10.0 Å².